The predicted molar refractivity (Wildman–Crippen MR) is 80.0 cm³/mol. The summed E-state index contributed by atoms with van der Waals surface area (Å²) in [6.07, 6.45) is 0.172. The van der Waals surface area contributed by atoms with Gasteiger partial charge in [-0.15, -0.1) is 0 Å². The smallest absolute Gasteiger partial charge is 0.261 e. The van der Waals surface area contributed by atoms with Gasteiger partial charge in [-0.2, -0.15) is 0 Å². The lowest BCUT2D eigenvalue weighted by atomic mass is 10.0. The number of nitrogens with one attached hydrogen (secondary N) is 2. The highest BCUT2D eigenvalue weighted by molar-refractivity contribution is 5.95. The van der Waals surface area contributed by atoms with E-state index in [0.717, 1.165) is 12.1 Å². The summed E-state index contributed by atoms with van der Waals surface area (Å²) >= 11 is 0. The van der Waals surface area contributed by atoms with Crippen molar-refractivity contribution in [3.05, 3.63) is 69.1 Å². The van der Waals surface area contributed by atoms with Crippen LogP contribution in [-0.2, 0) is 0 Å². The molecule has 0 aliphatic heterocycles. The third kappa shape index (κ3) is 3.62. The van der Waals surface area contributed by atoms with Gasteiger partial charge in [0.2, 0.25) is 0 Å². The summed E-state index contributed by atoms with van der Waals surface area (Å²) in [5.74, 6) is -2.77. The largest absolute Gasteiger partial charge is 0.386 e. The number of amides is 1. The number of H-pyrrole nitrogens is 1. The monoisotopic (exact) mass is 322 g/mol. The first-order valence-electron chi connectivity index (χ1n) is 6.93. The number of pyridine rings is 1. The van der Waals surface area contributed by atoms with Crippen LogP contribution in [0.4, 0.5) is 8.78 Å². The Morgan fingerprint density at radius 3 is 2.57 bits per heavy atom. The lowest BCUT2D eigenvalue weighted by molar-refractivity contribution is 0.0849. The third-order valence-corrected chi connectivity index (χ3v) is 3.51. The molecule has 0 fully saturated rings. The number of halogens is 2. The van der Waals surface area contributed by atoms with Crippen molar-refractivity contribution >= 4 is 5.91 Å². The van der Waals surface area contributed by atoms with Crippen LogP contribution in [0.5, 0.6) is 0 Å². The average molecular weight is 322 g/mol. The van der Waals surface area contributed by atoms with Gasteiger partial charge in [-0.05, 0) is 43.2 Å². The molecule has 2 atom stereocenters. The van der Waals surface area contributed by atoms with Gasteiger partial charge in [0.1, 0.15) is 5.56 Å². The molecule has 1 aromatic carbocycles. The van der Waals surface area contributed by atoms with Crippen LogP contribution in [0.2, 0.25) is 0 Å². The summed E-state index contributed by atoms with van der Waals surface area (Å²) < 4.78 is 26.1. The summed E-state index contributed by atoms with van der Waals surface area (Å²) in [6, 6.07) is 3.75. The third-order valence-electron chi connectivity index (χ3n) is 3.51. The van der Waals surface area contributed by atoms with E-state index < -0.39 is 35.2 Å². The van der Waals surface area contributed by atoms with Crippen LogP contribution in [0.15, 0.2) is 35.3 Å². The molecule has 1 aromatic heterocycles. The standard InChI is InChI=1S/C16H16F2N2O3/c1-8-5-6-19-15(22)13(8)16(23)20-9(2)14(21)10-3-4-11(17)12(18)7-10/h3-7,9,14,21H,1-2H3,(H,19,22)(H,20,23). The predicted octanol–water partition coefficient (Wildman–Crippen LogP) is 1.81. The average Bonchev–Trinajstić information content (AvgIpc) is 2.49. The zero-order chi connectivity index (χ0) is 17.1. The van der Waals surface area contributed by atoms with E-state index in [0.29, 0.717) is 5.56 Å². The highest BCUT2D eigenvalue weighted by atomic mass is 19.2. The number of carbonyl (C=O) groups excluding carboxylic acids is 1. The first-order valence-corrected chi connectivity index (χ1v) is 6.93. The van der Waals surface area contributed by atoms with Crippen LogP contribution < -0.4 is 10.9 Å². The molecule has 0 saturated carbocycles. The summed E-state index contributed by atoms with van der Waals surface area (Å²) in [7, 11) is 0. The quantitative estimate of drug-likeness (QED) is 0.803. The van der Waals surface area contributed by atoms with E-state index in [9.17, 15) is 23.5 Å². The van der Waals surface area contributed by atoms with E-state index in [1.54, 1.807) is 13.0 Å². The topological polar surface area (TPSA) is 82.2 Å². The zero-order valence-corrected chi connectivity index (χ0v) is 12.6. The normalized spacial score (nSPS) is 13.4. The maximum atomic E-state index is 13.2. The Hall–Kier alpha value is -2.54. The molecule has 3 N–H and O–H groups in total. The Morgan fingerprint density at radius 1 is 1.26 bits per heavy atom. The lowest BCUT2D eigenvalue weighted by Gasteiger charge is -2.21. The molecule has 2 unspecified atom stereocenters. The fourth-order valence-electron chi connectivity index (χ4n) is 2.20. The molecule has 0 saturated heterocycles. The Balaban J connectivity index is 2.17. The number of hydrogen-bond donors (Lipinski definition) is 3. The van der Waals surface area contributed by atoms with E-state index in [4.69, 9.17) is 0 Å². The number of benzene rings is 1. The molecule has 0 spiro atoms. The molecule has 0 aliphatic carbocycles. The van der Waals surface area contributed by atoms with Crippen LogP contribution in [0.25, 0.3) is 0 Å². The molecule has 0 bridgehead atoms. The molecule has 5 nitrogen and oxygen atoms in total. The highest BCUT2D eigenvalue weighted by Gasteiger charge is 2.22. The molecular weight excluding hydrogens is 306 g/mol. The Kier molecular flexibility index (Phi) is 4.90. The minimum atomic E-state index is -1.25. The van der Waals surface area contributed by atoms with Gasteiger partial charge in [0.15, 0.2) is 11.6 Å². The van der Waals surface area contributed by atoms with Gasteiger partial charge >= 0.3 is 0 Å². The van der Waals surface area contributed by atoms with Crippen molar-refractivity contribution in [2.75, 3.05) is 0 Å². The SMILES string of the molecule is Cc1cc[nH]c(=O)c1C(=O)NC(C)C(O)c1ccc(F)c(F)c1. The number of aromatic nitrogens is 1. The molecule has 1 heterocycles. The maximum absolute atomic E-state index is 13.2. The number of rotatable bonds is 4. The van der Waals surface area contributed by atoms with E-state index in [-0.39, 0.29) is 11.1 Å². The summed E-state index contributed by atoms with van der Waals surface area (Å²) in [6.45, 7) is 3.11. The van der Waals surface area contributed by atoms with Crippen molar-refractivity contribution in [1.82, 2.24) is 10.3 Å². The van der Waals surface area contributed by atoms with Gasteiger partial charge in [-0.3, -0.25) is 9.59 Å². The number of carbonyl (C=O) groups is 1. The van der Waals surface area contributed by atoms with Crippen molar-refractivity contribution in [1.29, 1.82) is 0 Å². The molecular formula is C16H16F2N2O3. The molecule has 0 radical (unpaired) electrons. The van der Waals surface area contributed by atoms with Crippen molar-refractivity contribution in [3.63, 3.8) is 0 Å². The van der Waals surface area contributed by atoms with Gasteiger partial charge < -0.3 is 15.4 Å². The second kappa shape index (κ2) is 6.70. The minimum absolute atomic E-state index is 0.0585. The maximum Gasteiger partial charge on any atom is 0.261 e. The van der Waals surface area contributed by atoms with Crippen molar-refractivity contribution < 1.29 is 18.7 Å². The number of aliphatic hydroxyl groups is 1. The Bertz CT molecular complexity index is 789. The van der Waals surface area contributed by atoms with Crippen LogP contribution in [0.1, 0.15) is 34.5 Å². The molecule has 0 aliphatic rings. The number of aromatic amines is 1. The van der Waals surface area contributed by atoms with E-state index in [1.807, 2.05) is 0 Å². The lowest BCUT2D eigenvalue weighted by Crippen LogP contribution is -2.39. The van der Waals surface area contributed by atoms with Crippen molar-refractivity contribution in [2.24, 2.45) is 0 Å². The van der Waals surface area contributed by atoms with Gasteiger partial charge in [-0.1, -0.05) is 6.07 Å². The molecule has 2 aromatic rings. The molecule has 1 amide bonds. The van der Waals surface area contributed by atoms with Crippen molar-refractivity contribution in [2.45, 2.75) is 26.0 Å². The van der Waals surface area contributed by atoms with E-state index in [2.05, 4.69) is 10.3 Å². The number of hydrogen-bond acceptors (Lipinski definition) is 3. The second-order valence-electron chi connectivity index (χ2n) is 5.25. The molecule has 2 rings (SSSR count). The Labute approximate surface area is 131 Å². The van der Waals surface area contributed by atoms with Gasteiger partial charge in [0.05, 0.1) is 12.1 Å². The van der Waals surface area contributed by atoms with E-state index >= 15 is 0 Å². The highest BCUT2D eigenvalue weighted by Crippen LogP contribution is 2.19. The molecule has 122 valence electrons. The number of aryl methyl sites for hydroxylation is 1. The van der Waals surface area contributed by atoms with Crippen LogP contribution in [-0.4, -0.2) is 22.0 Å². The van der Waals surface area contributed by atoms with E-state index in [1.165, 1.54) is 19.2 Å². The van der Waals surface area contributed by atoms with Crippen LogP contribution in [0, 0.1) is 18.6 Å². The summed E-state index contributed by atoms with van der Waals surface area (Å²) in [5, 5.41) is 12.6. The zero-order valence-electron chi connectivity index (χ0n) is 12.6. The van der Waals surface area contributed by atoms with Crippen LogP contribution >= 0.6 is 0 Å². The van der Waals surface area contributed by atoms with Gasteiger partial charge in [0, 0.05) is 6.20 Å². The van der Waals surface area contributed by atoms with Crippen molar-refractivity contribution in [3.8, 4) is 0 Å². The molecule has 7 heteroatoms. The minimum Gasteiger partial charge on any atom is -0.386 e. The first-order chi connectivity index (χ1) is 10.8. The second-order valence-corrected chi connectivity index (χ2v) is 5.25. The van der Waals surface area contributed by atoms with Gasteiger partial charge in [0.25, 0.3) is 11.5 Å². The summed E-state index contributed by atoms with van der Waals surface area (Å²) in [4.78, 5) is 26.3. The fraction of sp³-hybridized carbons (Fsp3) is 0.250. The molecule has 23 heavy (non-hydrogen) atoms. The van der Waals surface area contributed by atoms with Crippen LogP contribution in [0.3, 0.4) is 0 Å². The number of aliphatic hydroxyl groups excluding tert-OH is 1. The van der Waals surface area contributed by atoms with Gasteiger partial charge in [-0.25, -0.2) is 8.78 Å². The first kappa shape index (κ1) is 16.8. The Morgan fingerprint density at radius 2 is 1.96 bits per heavy atom. The summed E-state index contributed by atoms with van der Waals surface area (Å²) in [5.41, 5.74) is 0.00464. The fourth-order valence-corrected chi connectivity index (χ4v) is 2.20.